The molecule has 1 aromatic heterocycles. The first-order chi connectivity index (χ1) is 10.2. The van der Waals surface area contributed by atoms with Gasteiger partial charge in [-0.25, -0.2) is 4.98 Å². The SMILES string of the molecule is O=C(NCC1(C(=O)O)CCCCC1)c1csc(C(F)(F)F)n1. The lowest BCUT2D eigenvalue weighted by molar-refractivity contribution is -0.150. The Morgan fingerprint density at radius 3 is 2.45 bits per heavy atom. The van der Waals surface area contributed by atoms with Crippen LogP contribution >= 0.6 is 11.3 Å². The zero-order valence-electron chi connectivity index (χ0n) is 11.6. The molecule has 0 saturated heterocycles. The monoisotopic (exact) mass is 336 g/mol. The van der Waals surface area contributed by atoms with Gasteiger partial charge in [0.2, 0.25) is 0 Å². The van der Waals surface area contributed by atoms with Gasteiger partial charge in [-0.05, 0) is 12.8 Å². The van der Waals surface area contributed by atoms with Gasteiger partial charge in [0.25, 0.3) is 5.91 Å². The van der Waals surface area contributed by atoms with Crippen molar-refractivity contribution in [1.82, 2.24) is 10.3 Å². The van der Waals surface area contributed by atoms with Crippen molar-refractivity contribution in [3.05, 3.63) is 16.1 Å². The molecule has 22 heavy (non-hydrogen) atoms. The number of aliphatic carboxylic acids is 1. The molecule has 2 rings (SSSR count). The number of carbonyl (C=O) groups excluding carboxylic acids is 1. The molecule has 1 amide bonds. The predicted molar refractivity (Wildman–Crippen MR) is 72.6 cm³/mol. The van der Waals surface area contributed by atoms with Crippen LogP contribution in [0, 0.1) is 5.41 Å². The number of carbonyl (C=O) groups is 2. The lowest BCUT2D eigenvalue weighted by atomic mass is 9.74. The van der Waals surface area contributed by atoms with Crippen LogP contribution in [0.2, 0.25) is 0 Å². The summed E-state index contributed by atoms with van der Waals surface area (Å²) in [5.41, 5.74) is -1.37. The molecule has 0 atom stereocenters. The zero-order valence-corrected chi connectivity index (χ0v) is 12.4. The van der Waals surface area contributed by atoms with Gasteiger partial charge in [0.05, 0.1) is 5.41 Å². The maximum atomic E-state index is 12.4. The Kier molecular flexibility index (Phi) is 4.74. The van der Waals surface area contributed by atoms with Gasteiger partial charge in [-0.3, -0.25) is 9.59 Å². The van der Waals surface area contributed by atoms with Crippen LogP contribution in [0.25, 0.3) is 0 Å². The fourth-order valence-electron chi connectivity index (χ4n) is 2.54. The summed E-state index contributed by atoms with van der Waals surface area (Å²) in [6, 6.07) is 0. The number of aromatic nitrogens is 1. The summed E-state index contributed by atoms with van der Waals surface area (Å²) in [6.07, 6.45) is -1.21. The molecule has 1 saturated carbocycles. The molecule has 0 bridgehead atoms. The van der Waals surface area contributed by atoms with E-state index in [1.807, 2.05) is 0 Å². The van der Waals surface area contributed by atoms with Crippen molar-refractivity contribution in [2.24, 2.45) is 5.41 Å². The molecule has 1 aromatic rings. The van der Waals surface area contributed by atoms with Crippen molar-refractivity contribution >= 4 is 23.2 Å². The van der Waals surface area contributed by atoms with Gasteiger partial charge in [0, 0.05) is 11.9 Å². The van der Waals surface area contributed by atoms with Crippen molar-refractivity contribution in [2.75, 3.05) is 6.54 Å². The summed E-state index contributed by atoms with van der Waals surface area (Å²) in [5.74, 6) is -1.76. The Morgan fingerprint density at radius 2 is 1.95 bits per heavy atom. The third-order valence-corrected chi connectivity index (χ3v) is 4.72. The van der Waals surface area contributed by atoms with E-state index in [0.717, 1.165) is 24.6 Å². The van der Waals surface area contributed by atoms with Crippen molar-refractivity contribution < 1.29 is 27.9 Å². The van der Waals surface area contributed by atoms with Crippen molar-refractivity contribution in [1.29, 1.82) is 0 Å². The van der Waals surface area contributed by atoms with E-state index in [0.29, 0.717) is 24.2 Å². The average molecular weight is 336 g/mol. The van der Waals surface area contributed by atoms with E-state index in [4.69, 9.17) is 0 Å². The van der Waals surface area contributed by atoms with Gasteiger partial charge in [-0.1, -0.05) is 19.3 Å². The van der Waals surface area contributed by atoms with E-state index in [9.17, 15) is 27.9 Å². The standard InChI is InChI=1S/C13H15F3N2O3S/c14-13(15,16)10-18-8(6-22-10)9(19)17-7-12(11(20)21)4-2-1-3-5-12/h6H,1-5,7H2,(H,17,19)(H,20,21). The summed E-state index contributed by atoms with van der Waals surface area (Å²) in [6.45, 7) is -0.0972. The minimum atomic E-state index is -4.59. The highest BCUT2D eigenvalue weighted by Crippen LogP contribution is 2.36. The number of thiazole rings is 1. The molecule has 9 heteroatoms. The first-order valence-corrected chi connectivity index (χ1v) is 7.67. The maximum Gasteiger partial charge on any atom is 0.443 e. The molecule has 1 heterocycles. The van der Waals surface area contributed by atoms with Gasteiger partial charge >= 0.3 is 12.1 Å². The second-order valence-electron chi connectivity index (χ2n) is 5.36. The molecule has 1 aliphatic rings. The van der Waals surface area contributed by atoms with Crippen LogP contribution < -0.4 is 5.32 Å². The van der Waals surface area contributed by atoms with E-state index in [-0.39, 0.29) is 12.2 Å². The molecule has 1 aliphatic carbocycles. The fraction of sp³-hybridized carbons (Fsp3) is 0.615. The van der Waals surface area contributed by atoms with Crippen molar-refractivity contribution in [2.45, 2.75) is 38.3 Å². The normalized spacial score (nSPS) is 18.0. The molecule has 2 N–H and O–H groups in total. The van der Waals surface area contributed by atoms with E-state index < -0.39 is 28.5 Å². The summed E-state index contributed by atoms with van der Waals surface area (Å²) in [5, 5.41) is 11.7. The van der Waals surface area contributed by atoms with Crippen LogP contribution in [0.5, 0.6) is 0 Å². The van der Waals surface area contributed by atoms with E-state index >= 15 is 0 Å². The lowest BCUT2D eigenvalue weighted by Gasteiger charge is -2.33. The quantitative estimate of drug-likeness (QED) is 0.886. The average Bonchev–Trinajstić information content (AvgIpc) is 2.95. The Labute approximate surface area is 128 Å². The van der Waals surface area contributed by atoms with Crippen LogP contribution in [0.3, 0.4) is 0 Å². The number of alkyl halides is 3. The summed E-state index contributed by atoms with van der Waals surface area (Å²) >= 11 is 0.338. The Bertz CT molecular complexity index is 565. The van der Waals surface area contributed by atoms with Crippen molar-refractivity contribution in [3.63, 3.8) is 0 Å². The van der Waals surface area contributed by atoms with E-state index in [1.165, 1.54) is 0 Å². The van der Waals surface area contributed by atoms with Crippen LogP contribution in [0.1, 0.15) is 47.6 Å². The third kappa shape index (κ3) is 3.57. The topological polar surface area (TPSA) is 79.3 Å². The number of halogens is 3. The predicted octanol–water partition coefficient (Wildman–Crippen LogP) is 2.93. The Balaban J connectivity index is 2.02. The number of hydrogen-bond donors (Lipinski definition) is 2. The fourth-order valence-corrected chi connectivity index (χ4v) is 3.21. The van der Waals surface area contributed by atoms with Gasteiger partial charge < -0.3 is 10.4 Å². The molecule has 0 unspecified atom stereocenters. The van der Waals surface area contributed by atoms with Gasteiger partial charge in [0.1, 0.15) is 5.69 Å². The number of amides is 1. The largest absolute Gasteiger partial charge is 0.481 e. The highest BCUT2D eigenvalue weighted by atomic mass is 32.1. The maximum absolute atomic E-state index is 12.4. The van der Waals surface area contributed by atoms with E-state index in [2.05, 4.69) is 10.3 Å². The Hall–Kier alpha value is -1.64. The summed E-state index contributed by atoms with van der Waals surface area (Å²) < 4.78 is 37.3. The lowest BCUT2D eigenvalue weighted by Crippen LogP contribution is -2.44. The van der Waals surface area contributed by atoms with Gasteiger partial charge in [0.15, 0.2) is 5.01 Å². The molecule has 0 radical (unpaired) electrons. The van der Waals surface area contributed by atoms with Gasteiger partial charge in [-0.15, -0.1) is 11.3 Å². The highest BCUT2D eigenvalue weighted by molar-refractivity contribution is 7.09. The number of rotatable bonds is 4. The minimum absolute atomic E-state index is 0.0972. The summed E-state index contributed by atoms with van der Waals surface area (Å²) in [4.78, 5) is 26.6. The van der Waals surface area contributed by atoms with Crippen LogP contribution in [0.4, 0.5) is 13.2 Å². The van der Waals surface area contributed by atoms with Crippen LogP contribution in [-0.2, 0) is 11.0 Å². The Morgan fingerprint density at radius 1 is 1.32 bits per heavy atom. The number of nitrogens with zero attached hydrogens (tertiary/aromatic N) is 1. The van der Waals surface area contributed by atoms with Crippen molar-refractivity contribution in [3.8, 4) is 0 Å². The molecular formula is C13H15F3N2O3S. The molecule has 5 nitrogen and oxygen atoms in total. The van der Waals surface area contributed by atoms with Gasteiger partial charge in [-0.2, -0.15) is 13.2 Å². The first-order valence-electron chi connectivity index (χ1n) is 6.79. The third-order valence-electron chi connectivity index (χ3n) is 3.83. The zero-order chi connectivity index (χ0) is 16.4. The van der Waals surface area contributed by atoms with E-state index in [1.54, 1.807) is 0 Å². The first kappa shape index (κ1) is 16.7. The second kappa shape index (κ2) is 6.23. The molecule has 122 valence electrons. The van der Waals surface area contributed by atoms with Crippen LogP contribution in [0.15, 0.2) is 5.38 Å². The highest BCUT2D eigenvalue weighted by Gasteiger charge is 2.40. The molecule has 0 spiro atoms. The number of carboxylic acids is 1. The molecule has 0 aromatic carbocycles. The number of hydrogen-bond acceptors (Lipinski definition) is 4. The van der Waals surface area contributed by atoms with Crippen LogP contribution in [-0.4, -0.2) is 28.5 Å². The second-order valence-corrected chi connectivity index (χ2v) is 6.22. The smallest absolute Gasteiger partial charge is 0.443 e. The number of nitrogens with one attached hydrogen (secondary N) is 1. The summed E-state index contributed by atoms with van der Waals surface area (Å²) in [7, 11) is 0. The minimum Gasteiger partial charge on any atom is -0.481 e. The molecule has 0 aliphatic heterocycles. The molecule has 1 fully saturated rings. The number of carboxylic acid groups (broad SMARTS) is 1. The molecular weight excluding hydrogens is 321 g/mol.